The molecule has 6 heteroatoms. The molecule has 3 rings (SSSR count). The van der Waals surface area contributed by atoms with Gasteiger partial charge in [-0.1, -0.05) is 85.5 Å². The average molecular weight is 487 g/mol. The van der Waals surface area contributed by atoms with Gasteiger partial charge >= 0.3 is 6.16 Å². The Labute approximate surface area is 211 Å². The number of allylic oxidation sites excluding steroid dienone is 2. The highest BCUT2D eigenvalue weighted by Gasteiger charge is 2.17. The van der Waals surface area contributed by atoms with Gasteiger partial charge in [0.1, 0.15) is 11.5 Å². The van der Waals surface area contributed by atoms with E-state index in [4.69, 9.17) is 18.9 Å². The van der Waals surface area contributed by atoms with E-state index in [1.54, 1.807) is 37.5 Å². The third-order valence-corrected chi connectivity index (χ3v) is 5.23. The second-order valence-electron chi connectivity index (χ2n) is 7.79. The topological polar surface area (TPSA) is 74.2 Å². The summed E-state index contributed by atoms with van der Waals surface area (Å²) >= 11 is 0. The smallest absolute Gasteiger partial charge is 0.465 e. The van der Waals surface area contributed by atoms with Crippen molar-refractivity contribution in [3.8, 4) is 11.5 Å². The summed E-state index contributed by atoms with van der Waals surface area (Å²) < 4.78 is 21.2. The van der Waals surface area contributed by atoms with E-state index < -0.39 is 12.3 Å². The molecule has 36 heavy (non-hydrogen) atoms. The van der Waals surface area contributed by atoms with Crippen LogP contribution in [0.5, 0.6) is 11.5 Å². The van der Waals surface area contributed by atoms with Crippen molar-refractivity contribution < 1.29 is 28.8 Å². The third-order valence-electron chi connectivity index (χ3n) is 5.23. The van der Waals surface area contributed by atoms with Crippen molar-refractivity contribution in [3.05, 3.63) is 114 Å². The highest BCUT2D eigenvalue weighted by atomic mass is 16.7. The van der Waals surface area contributed by atoms with Gasteiger partial charge in [0.15, 0.2) is 12.4 Å². The Balaban J connectivity index is 1.49. The lowest BCUT2D eigenvalue weighted by molar-refractivity contribution is -0.0382. The SMILES string of the molecule is C=Cc1ccc(C(CO)OC(=O)Oc2ccc(C=CC=Cc3ccc(OC(C)OC)cc3)cc2)cc1. The number of methoxy groups -OCH3 is 1. The van der Waals surface area contributed by atoms with E-state index in [-0.39, 0.29) is 12.9 Å². The van der Waals surface area contributed by atoms with E-state index >= 15 is 0 Å². The maximum absolute atomic E-state index is 12.2. The number of aliphatic hydroxyl groups excluding tert-OH is 1. The van der Waals surface area contributed by atoms with Crippen LogP contribution < -0.4 is 9.47 Å². The lowest BCUT2D eigenvalue weighted by Gasteiger charge is -2.15. The maximum atomic E-state index is 12.2. The van der Waals surface area contributed by atoms with Gasteiger partial charge in [-0.05, 0) is 53.4 Å². The molecule has 0 heterocycles. The predicted octanol–water partition coefficient (Wildman–Crippen LogP) is 6.68. The largest absolute Gasteiger partial charge is 0.514 e. The zero-order chi connectivity index (χ0) is 25.8. The molecule has 186 valence electrons. The number of ether oxygens (including phenoxy) is 4. The van der Waals surface area contributed by atoms with E-state index in [9.17, 15) is 9.90 Å². The molecule has 0 aliphatic carbocycles. The van der Waals surface area contributed by atoms with Crippen LogP contribution in [0.1, 0.15) is 35.3 Å². The standard InChI is InChI=1S/C30H30O6/c1-4-23-9-15-26(16-10-23)29(21-31)36-30(32)35-28-19-13-25(14-20-28)8-6-5-7-24-11-17-27(18-12-24)34-22(2)33-3/h4-20,22,29,31H,1,21H2,2-3H3. The minimum atomic E-state index is -0.888. The summed E-state index contributed by atoms with van der Waals surface area (Å²) in [6.07, 6.45) is 7.48. The van der Waals surface area contributed by atoms with E-state index in [0.29, 0.717) is 11.3 Å². The van der Waals surface area contributed by atoms with Crippen LogP contribution in [-0.4, -0.2) is 31.3 Å². The lowest BCUT2D eigenvalue weighted by Crippen LogP contribution is -2.17. The molecule has 0 amide bonds. The van der Waals surface area contributed by atoms with Gasteiger partial charge in [0.05, 0.1) is 6.61 Å². The van der Waals surface area contributed by atoms with Crippen LogP contribution in [0.4, 0.5) is 4.79 Å². The Morgan fingerprint density at radius 3 is 1.89 bits per heavy atom. The molecule has 6 nitrogen and oxygen atoms in total. The molecule has 2 atom stereocenters. The Morgan fingerprint density at radius 2 is 1.39 bits per heavy atom. The number of rotatable bonds is 11. The molecule has 0 saturated carbocycles. The molecular weight excluding hydrogens is 456 g/mol. The van der Waals surface area contributed by atoms with Crippen molar-refractivity contribution in [3.63, 3.8) is 0 Å². The van der Waals surface area contributed by atoms with Crippen LogP contribution in [0, 0.1) is 0 Å². The summed E-state index contributed by atoms with van der Waals surface area (Å²) in [5, 5.41) is 9.61. The Hall–Kier alpha value is -4.13. The molecule has 0 saturated heterocycles. The molecule has 0 aliphatic rings. The Morgan fingerprint density at radius 1 is 0.861 bits per heavy atom. The molecule has 0 radical (unpaired) electrons. The summed E-state index contributed by atoms with van der Waals surface area (Å²) in [5.41, 5.74) is 3.57. The van der Waals surface area contributed by atoms with Gasteiger partial charge in [-0.3, -0.25) is 0 Å². The molecular formula is C30H30O6. The Kier molecular flexibility index (Phi) is 10.1. The molecule has 3 aromatic rings. The van der Waals surface area contributed by atoms with Crippen LogP contribution >= 0.6 is 0 Å². The fourth-order valence-corrected chi connectivity index (χ4v) is 3.17. The van der Waals surface area contributed by atoms with Crippen LogP contribution in [0.2, 0.25) is 0 Å². The summed E-state index contributed by atoms with van der Waals surface area (Å²) in [4.78, 5) is 12.2. The van der Waals surface area contributed by atoms with Gasteiger partial charge < -0.3 is 24.1 Å². The highest BCUT2D eigenvalue weighted by Crippen LogP contribution is 2.21. The number of hydrogen-bond donors (Lipinski definition) is 1. The van der Waals surface area contributed by atoms with E-state index in [1.165, 1.54) is 0 Å². The fraction of sp³-hybridized carbons (Fsp3) is 0.167. The molecule has 1 N–H and O–H groups in total. The number of benzene rings is 3. The first-order valence-electron chi connectivity index (χ1n) is 11.5. The molecule has 0 fully saturated rings. The van der Waals surface area contributed by atoms with Crippen molar-refractivity contribution in [1.29, 1.82) is 0 Å². The van der Waals surface area contributed by atoms with Crippen LogP contribution in [0.25, 0.3) is 18.2 Å². The summed E-state index contributed by atoms with van der Waals surface area (Å²) in [7, 11) is 1.60. The normalized spacial score (nSPS) is 12.9. The average Bonchev–Trinajstić information content (AvgIpc) is 2.91. The Bertz CT molecular complexity index is 1160. The minimum Gasteiger partial charge on any atom is -0.465 e. The van der Waals surface area contributed by atoms with Gasteiger partial charge in [-0.2, -0.15) is 0 Å². The second-order valence-corrected chi connectivity index (χ2v) is 7.79. The lowest BCUT2D eigenvalue weighted by atomic mass is 10.1. The van der Waals surface area contributed by atoms with Crippen molar-refractivity contribution in [2.45, 2.75) is 19.3 Å². The molecule has 3 aromatic carbocycles. The molecule has 2 unspecified atom stereocenters. The highest BCUT2D eigenvalue weighted by molar-refractivity contribution is 5.65. The van der Waals surface area contributed by atoms with E-state index in [0.717, 1.165) is 22.4 Å². The first-order chi connectivity index (χ1) is 17.5. The number of aliphatic hydroxyl groups is 1. The van der Waals surface area contributed by atoms with Crippen molar-refractivity contribution in [2.75, 3.05) is 13.7 Å². The van der Waals surface area contributed by atoms with Gasteiger partial charge in [-0.15, -0.1) is 0 Å². The second kappa shape index (κ2) is 13.7. The first-order valence-corrected chi connectivity index (χ1v) is 11.5. The van der Waals surface area contributed by atoms with Gasteiger partial charge in [-0.25, -0.2) is 4.79 Å². The van der Waals surface area contributed by atoms with Gasteiger partial charge in [0.25, 0.3) is 0 Å². The summed E-state index contributed by atoms with van der Waals surface area (Å²) in [6, 6.07) is 21.9. The summed E-state index contributed by atoms with van der Waals surface area (Å²) in [5.74, 6) is 1.09. The number of hydrogen-bond acceptors (Lipinski definition) is 6. The van der Waals surface area contributed by atoms with Crippen molar-refractivity contribution in [2.24, 2.45) is 0 Å². The van der Waals surface area contributed by atoms with Crippen LogP contribution in [0.15, 0.2) is 91.5 Å². The fourth-order valence-electron chi connectivity index (χ4n) is 3.17. The molecule has 0 spiro atoms. The van der Waals surface area contributed by atoms with Crippen LogP contribution in [-0.2, 0) is 9.47 Å². The summed E-state index contributed by atoms with van der Waals surface area (Å²) in [6.45, 7) is 5.18. The maximum Gasteiger partial charge on any atom is 0.514 e. The third kappa shape index (κ3) is 8.27. The van der Waals surface area contributed by atoms with Crippen molar-refractivity contribution >= 4 is 24.4 Å². The predicted molar refractivity (Wildman–Crippen MR) is 142 cm³/mol. The van der Waals surface area contributed by atoms with Crippen LogP contribution in [0.3, 0.4) is 0 Å². The quantitative estimate of drug-likeness (QED) is 0.141. The zero-order valence-corrected chi connectivity index (χ0v) is 20.4. The monoisotopic (exact) mass is 486 g/mol. The van der Waals surface area contributed by atoms with Gasteiger partial charge in [0.2, 0.25) is 0 Å². The number of carbonyl (C=O) groups excluding carboxylic acids is 1. The zero-order valence-electron chi connectivity index (χ0n) is 20.4. The minimum absolute atomic E-state index is 0.297. The van der Waals surface area contributed by atoms with E-state index in [1.807, 2.05) is 79.8 Å². The number of carbonyl (C=O) groups is 1. The van der Waals surface area contributed by atoms with Crippen molar-refractivity contribution in [1.82, 2.24) is 0 Å². The van der Waals surface area contributed by atoms with Gasteiger partial charge in [0, 0.05) is 7.11 Å². The molecule has 0 bridgehead atoms. The molecule has 0 aromatic heterocycles. The van der Waals surface area contributed by atoms with E-state index in [2.05, 4.69) is 6.58 Å². The molecule has 0 aliphatic heterocycles. The first kappa shape index (κ1) is 26.5.